The highest BCUT2D eigenvalue weighted by Gasteiger charge is 2.56. The number of rotatable bonds is 5. The van der Waals surface area contributed by atoms with Gasteiger partial charge in [0.2, 0.25) is 0 Å². The minimum atomic E-state index is -2.75. The van der Waals surface area contributed by atoms with E-state index in [-0.39, 0.29) is 11.1 Å². The Kier molecular flexibility index (Phi) is 5.59. The van der Waals surface area contributed by atoms with Crippen molar-refractivity contribution < 1.29 is 27.8 Å². The summed E-state index contributed by atoms with van der Waals surface area (Å²) in [6.45, 7) is 0. The molecular formula is C26H18F4O2. The van der Waals surface area contributed by atoms with Crippen molar-refractivity contribution in [2.24, 2.45) is 0 Å². The highest BCUT2D eigenvalue weighted by molar-refractivity contribution is 5.51. The van der Waals surface area contributed by atoms with E-state index >= 15 is 8.78 Å². The second kappa shape index (κ2) is 8.22. The lowest BCUT2D eigenvalue weighted by Gasteiger charge is -2.45. The monoisotopic (exact) mass is 438 g/mol. The maximum Gasteiger partial charge on any atom is 0.155 e. The van der Waals surface area contributed by atoms with Crippen molar-refractivity contribution in [2.45, 2.75) is 11.2 Å². The maximum absolute atomic E-state index is 15.1. The summed E-state index contributed by atoms with van der Waals surface area (Å²) in [5.74, 6) is -3.39. The van der Waals surface area contributed by atoms with Gasteiger partial charge in [-0.3, -0.25) is 0 Å². The van der Waals surface area contributed by atoms with E-state index in [1.54, 1.807) is 0 Å². The van der Waals surface area contributed by atoms with Crippen LogP contribution in [0.3, 0.4) is 0 Å². The fourth-order valence-electron chi connectivity index (χ4n) is 4.05. The molecule has 0 saturated carbocycles. The molecule has 0 aromatic heterocycles. The third-order valence-electron chi connectivity index (χ3n) is 5.54. The second-order valence-corrected chi connectivity index (χ2v) is 7.40. The fraction of sp³-hybridized carbons (Fsp3) is 0.0769. The summed E-state index contributed by atoms with van der Waals surface area (Å²) in [5.41, 5.74) is -6.90. The predicted octanol–water partition coefficient (Wildman–Crippen LogP) is 5.42. The normalized spacial score (nSPS) is 15.1. The second-order valence-electron chi connectivity index (χ2n) is 7.40. The lowest BCUT2D eigenvalue weighted by Crippen LogP contribution is -2.52. The molecule has 4 aromatic rings. The van der Waals surface area contributed by atoms with E-state index in [9.17, 15) is 19.0 Å². The van der Waals surface area contributed by atoms with Crippen molar-refractivity contribution in [3.8, 4) is 0 Å². The third-order valence-corrected chi connectivity index (χ3v) is 5.54. The van der Waals surface area contributed by atoms with Crippen LogP contribution in [0.4, 0.5) is 17.6 Å². The van der Waals surface area contributed by atoms with Crippen LogP contribution in [-0.2, 0) is 11.2 Å². The standard InChI is InChI=1S/C26H18F4O2/c27-19-9-5-7-17(15-19)25(31,21-11-1-3-13-23(21)29)26(32,18-8-6-10-20(28)16-18)22-12-2-4-14-24(22)30/h1-16,31-32H. The van der Waals surface area contributed by atoms with Crippen molar-refractivity contribution in [3.63, 3.8) is 0 Å². The van der Waals surface area contributed by atoms with Crippen LogP contribution in [-0.4, -0.2) is 10.2 Å². The number of aliphatic hydroxyl groups is 2. The SMILES string of the molecule is OC(c1cccc(F)c1)(c1ccccc1F)C(O)(c1cccc(F)c1)c1ccccc1F. The van der Waals surface area contributed by atoms with Gasteiger partial charge in [-0.2, -0.15) is 0 Å². The topological polar surface area (TPSA) is 40.5 Å². The molecule has 0 bridgehead atoms. The Morgan fingerprint density at radius 2 is 0.844 bits per heavy atom. The molecule has 162 valence electrons. The molecule has 0 fully saturated rings. The highest BCUT2D eigenvalue weighted by atomic mass is 19.1. The van der Waals surface area contributed by atoms with E-state index < -0.39 is 45.6 Å². The van der Waals surface area contributed by atoms with Gasteiger partial charge in [0.15, 0.2) is 11.2 Å². The Balaban J connectivity index is 2.19. The molecular weight excluding hydrogens is 420 g/mol. The van der Waals surface area contributed by atoms with Crippen LogP contribution in [0.15, 0.2) is 97.1 Å². The van der Waals surface area contributed by atoms with Gasteiger partial charge in [-0.1, -0.05) is 60.7 Å². The first-order valence-electron chi connectivity index (χ1n) is 9.75. The number of hydrogen-bond acceptors (Lipinski definition) is 2. The van der Waals surface area contributed by atoms with Crippen LogP contribution in [0, 0.1) is 23.3 Å². The quantitative estimate of drug-likeness (QED) is 0.409. The molecule has 0 amide bonds. The number of benzene rings is 4. The molecule has 2 N–H and O–H groups in total. The average molecular weight is 438 g/mol. The van der Waals surface area contributed by atoms with Crippen molar-refractivity contribution in [3.05, 3.63) is 143 Å². The summed E-state index contributed by atoms with van der Waals surface area (Å²) in [7, 11) is 0. The van der Waals surface area contributed by atoms with E-state index in [2.05, 4.69) is 0 Å². The van der Waals surface area contributed by atoms with Gasteiger partial charge < -0.3 is 10.2 Å². The van der Waals surface area contributed by atoms with Gasteiger partial charge in [-0.25, -0.2) is 17.6 Å². The summed E-state index contributed by atoms with van der Waals surface area (Å²) in [5, 5.41) is 24.3. The molecule has 4 rings (SSSR count). The highest BCUT2D eigenvalue weighted by Crippen LogP contribution is 2.51. The summed E-state index contributed by atoms with van der Waals surface area (Å²) in [6, 6.07) is 19.2. The largest absolute Gasteiger partial charge is 0.376 e. The summed E-state index contributed by atoms with van der Waals surface area (Å²) in [6.07, 6.45) is 0. The van der Waals surface area contributed by atoms with Gasteiger partial charge in [0.25, 0.3) is 0 Å². The van der Waals surface area contributed by atoms with Gasteiger partial charge in [0.05, 0.1) is 0 Å². The van der Waals surface area contributed by atoms with Gasteiger partial charge in [-0.15, -0.1) is 0 Å². The molecule has 4 aromatic carbocycles. The molecule has 0 aliphatic heterocycles. The summed E-state index contributed by atoms with van der Waals surface area (Å²) < 4.78 is 58.6. The molecule has 0 radical (unpaired) electrons. The lowest BCUT2D eigenvalue weighted by atomic mass is 9.66. The van der Waals surface area contributed by atoms with Crippen LogP contribution in [0.1, 0.15) is 22.3 Å². The first-order chi connectivity index (χ1) is 15.3. The predicted molar refractivity (Wildman–Crippen MR) is 112 cm³/mol. The zero-order valence-electron chi connectivity index (χ0n) is 16.6. The van der Waals surface area contributed by atoms with Crippen LogP contribution in [0.2, 0.25) is 0 Å². The summed E-state index contributed by atoms with van der Waals surface area (Å²) in [4.78, 5) is 0. The van der Waals surface area contributed by atoms with E-state index in [4.69, 9.17) is 0 Å². The number of hydrogen-bond donors (Lipinski definition) is 2. The molecule has 6 heteroatoms. The van der Waals surface area contributed by atoms with Crippen LogP contribution in [0.5, 0.6) is 0 Å². The Morgan fingerprint density at radius 3 is 1.19 bits per heavy atom. The summed E-state index contributed by atoms with van der Waals surface area (Å²) >= 11 is 0. The van der Waals surface area contributed by atoms with Crippen molar-refractivity contribution in [1.29, 1.82) is 0 Å². The first-order valence-corrected chi connectivity index (χ1v) is 9.75. The molecule has 0 spiro atoms. The van der Waals surface area contributed by atoms with Crippen LogP contribution in [0.25, 0.3) is 0 Å². The van der Waals surface area contributed by atoms with Gasteiger partial charge >= 0.3 is 0 Å². The van der Waals surface area contributed by atoms with E-state index in [0.717, 1.165) is 36.4 Å². The zero-order valence-corrected chi connectivity index (χ0v) is 16.6. The molecule has 2 atom stereocenters. The van der Waals surface area contributed by atoms with E-state index in [1.807, 2.05) is 0 Å². The van der Waals surface area contributed by atoms with E-state index in [1.165, 1.54) is 60.7 Å². The Hall–Kier alpha value is -3.48. The maximum atomic E-state index is 15.1. The third kappa shape index (κ3) is 3.38. The van der Waals surface area contributed by atoms with Crippen LogP contribution >= 0.6 is 0 Å². The van der Waals surface area contributed by atoms with Gasteiger partial charge in [-0.05, 0) is 47.5 Å². The van der Waals surface area contributed by atoms with Gasteiger partial charge in [0.1, 0.15) is 23.3 Å². The molecule has 0 aliphatic carbocycles. The minimum absolute atomic E-state index is 0.252. The van der Waals surface area contributed by atoms with Crippen molar-refractivity contribution in [2.75, 3.05) is 0 Å². The van der Waals surface area contributed by atoms with Crippen molar-refractivity contribution >= 4 is 0 Å². The average Bonchev–Trinajstić information content (AvgIpc) is 2.78. The molecule has 0 heterocycles. The first kappa shape index (κ1) is 21.7. The zero-order chi connectivity index (χ0) is 22.9. The van der Waals surface area contributed by atoms with Crippen LogP contribution < -0.4 is 0 Å². The molecule has 32 heavy (non-hydrogen) atoms. The molecule has 2 unspecified atom stereocenters. The molecule has 0 aliphatic rings. The lowest BCUT2D eigenvalue weighted by molar-refractivity contribution is -0.116. The smallest absolute Gasteiger partial charge is 0.155 e. The fourth-order valence-corrected chi connectivity index (χ4v) is 4.05. The molecule has 0 saturated heterocycles. The Bertz CT molecular complexity index is 1180. The van der Waals surface area contributed by atoms with Gasteiger partial charge in [0, 0.05) is 11.1 Å². The Labute approximate surface area is 182 Å². The van der Waals surface area contributed by atoms with E-state index in [0.29, 0.717) is 0 Å². The Morgan fingerprint density at radius 1 is 0.469 bits per heavy atom. The number of halogens is 4. The minimum Gasteiger partial charge on any atom is -0.376 e. The molecule has 2 nitrogen and oxygen atoms in total. The van der Waals surface area contributed by atoms with Crippen molar-refractivity contribution in [1.82, 2.24) is 0 Å².